The summed E-state index contributed by atoms with van der Waals surface area (Å²) >= 11 is 0. The second kappa shape index (κ2) is 20.1. The van der Waals surface area contributed by atoms with E-state index in [1.807, 2.05) is 18.9 Å². The van der Waals surface area contributed by atoms with Gasteiger partial charge in [0.2, 0.25) is 0 Å². The zero-order valence-electron chi connectivity index (χ0n) is 19.6. The van der Waals surface area contributed by atoms with Crippen LogP contribution in [0.1, 0.15) is 71.1 Å². The number of unbranched alkanes of at least 4 members (excludes halogenated alkanes) is 8. The van der Waals surface area contributed by atoms with Gasteiger partial charge >= 0.3 is 5.97 Å². The average Bonchev–Trinajstić information content (AvgIpc) is 2.74. The highest BCUT2D eigenvalue weighted by Gasteiger charge is 2.15. The normalized spacial score (nSPS) is 14.5. The number of aliphatic hydroxyl groups excluding tert-OH is 1. The fourth-order valence-electron chi connectivity index (χ4n) is 2.74. The number of carbonyl (C=O) groups excluding carboxylic acids is 1. The van der Waals surface area contributed by atoms with Crippen molar-refractivity contribution in [3.63, 3.8) is 0 Å². The first kappa shape index (κ1) is 30.5. The molecular formula is C21H43NO8P-. The maximum absolute atomic E-state index is 11.7. The molecule has 2 unspecified atom stereocenters. The Balaban J connectivity index is 3.61. The average molecular weight is 469 g/mol. The maximum Gasteiger partial charge on any atom is 0.305 e. The quantitative estimate of drug-likeness (QED) is 0.145. The van der Waals surface area contributed by atoms with Gasteiger partial charge in [0.25, 0.3) is 7.82 Å². The van der Waals surface area contributed by atoms with Crippen LogP contribution in [0.2, 0.25) is 0 Å². The van der Waals surface area contributed by atoms with Crippen LogP contribution in [0.5, 0.6) is 0 Å². The lowest BCUT2D eigenvalue weighted by Gasteiger charge is -2.25. The predicted octanol–water partition coefficient (Wildman–Crippen LogP) is 2.89. The number of hydrogen-bond acceptors (Lipinski definition) is 9. The van der Waals surface area contributed by atoms with Gasteiger partial charge in [0.1, 0.15) is 12.7 Å². The van der Waals surface area contributed by atoms with Gasteiger partial charge in [-0.15, -0.1) is 0 Å². The molecule has 0 spiro atoms. The highest BCUT2D eigenvalue weighted by Crippen LogP contribution is 2.38. The first-order chi connectivity index (χ1) is 14.8. The van der Waals surface area contributed by atoms with Crippen molar-refractivity contribution in [3.05, 3.63) is 0 Å². The molecule has 2 atom stereocenters. The summed E-state index contributed by atoms with van der Waals surface area (Å²) in [7, 11) is -0.919. The first-order valence-electron chi connectivity index (χ1n) is 11.4. The van der Waals surface area contributed by atoms with E-state index in [4.69, 9.17) is 14.0 Å². The summed E-state index contributed by atoms with van der Waals surface area (Å²) in [5.41, 5.74) is 0. The number of likely N-dealkylation sites (N-methyl/N-ethyl adjacent to an activating group) is 1. The summed E-state index contributed by atoms with van der Waals surface area (Å²) in [6.45, 7) is 3.16. The molecule has 0 bridgehead atoms. The summed E-state index contributed by atoms with van der Waals surface area (Å²) < 4.78 is 30.9. The molecule has 0 aromatic heterocycles. The van der Waals surface area contributed by atoms with E-state index in [0.717, 1.165) is 38.8 Å². The fourth-order valence-corrected chi connectivity index (χ4v) is 3.48. The summed E-state index contributed by atoms with van der Waals surface area (Å²) in [5.74, 6) is -0.402. The molecule has 0 saturated carbocycles. The summed E-state index contributed by atoms with van der Waals surface area (Å²) in [4.78, 5) is 25.2. The first-order valence-corrected chi connectivity index (χ1v) is 12.9. The van der Waals surface area contributed by atoms with Gasteiger partial charge in [0, 0.05) is 26.7 Å². The number of hydrogen-bond donors (Lipinski definition) is 1. The van der Waals surface area contributed by atoms with Crippen LogP contribution >= 0.6 is 7.82 Å². The highest BCUT2D eigenvalue weighted by molar-refractivity contribution is 7.45. The Morgan fingerprint density at radius 3 is 2.13 bits per heavy atom. The largest absolute Gasteiger partial charge is 0.756 e. The number of carbonyl (C=O) groups is 1. The Morgan fingerprint density at radius 1 is 0.968 bits per heavy atom. The van der Waals surface area contributed by atoms with Gasteiger partial charge in [-0.2, -0.15) is 0 Å². The van der Waals surface area contributed by atoms with Crippen molar-refractivity contribution in [1.29, 1.82) is 0 Å². The van der Waals surface area contributed by atoms with Gasteiger partial charge in [-0.05, 0) is 26.4 Å². The van der Waals surface area contributed by atoms with Crippen LogP contribution in [0.4, 0.5) is 0 Å². The van der Waals surface area contributed by atoms with Crippen molar-refractivity contribution in [2.45, 2.75) is 77.2 Å². The smallest absolute Gasteiger partial charge is 0.305 e. The minimum absolute atomic E-state index is 0.0232. The topological polar surface area (TPSA) is 118 Å². The number of ether oxygens (including phenoxy) is 2. The van der Waals surface area contributed by atoms with Crippen molar-refractivity contribution in [1.82, 2.24) is 4.90 Å². The Labute approximate surface area is 188 Å². The maximum atomic E-state index is 11.7. The molecule has 0 saturated heterocycles. The lowest BCUT2D eigenvalue weighted by atomic mass is 10.1. The SMILES string of the molecule is CCN(C)CCOP(=O)([O-])OCC(O)COC(=O)CCCCCCCCCCCOC. The zero-order chi connectivity index (χ0) is 23.4. The van der Waals surface area contributed by atoms with Crippen molar-refractivity contribution < 1.29 is 37.9 Å². The second-order valence-corrected chi connectivity index (χ2v) is 9.14. The van der Waals surface area contributed by atoms with Crippen molar-refractivity contribution in [2.75, 3.05) is 53.7 Å². The van der Waals surface area contributed by atoms with Gasteiger partial charge in [-0.3, -0.25) is 9.36 Å². The molecule has 0 aromatic carbocycles. The number of aliphatic hydroxyl groups is 1. The lowest BCUT2D eigenvalue weighted by Crippen LogP contribution is -2.26. The fraction of sp³-hybridized carbons (Fsp3) is 0.952. The van der Waals surface area contributed by atoms with Gasteiger partial charge in [-0.25, -0.2) is 0 Å². The molecule has 0 aliphatic rings. The molecule has 0 fully saturated rings. The molecule has 9 nitrogen and oxygen atoms in total. The Bertz CT molecular complexity index is 480. The molecule has 0 aliphatic heterocycles. The van der Waals surface area contributed by atoms with E-state index >= 15 is 0 Å². The van der Waals surface area contributed by atoms with Crippen molar-refractivity contribution in [2.24, 2.45) is 0 Å². The number of esters is 1. The van der Waals surface area contributed by atoms with Gasteiger partial charge < -0.3 is 33.4 Å². The van der Waals surface area contributed by atoms with Crippen LogP contribution in [0.25, 0.3) is 0 Å². The predicted molar refractivity (Wildman–Crippen MR) is 118 cm³/mol. The number of phosphoric ester groups is 1. The molecule has 0 amide bonds. The summed E-state index contributed by atoms with van der Waals surface area (Å²) in [6, 6.07) is 0. The molecule has 1 N–H and O–H groups in total. The molecule has 0 heterocycles. The lowest BCUT2D eigenvalue weighted by molar-refractivity contribution is -0.227. The number of phosphoric acid groups is 1. The van der Waals surface area contributed by atoms with E-state index in [1.165, 1.54) is 32.1 Å². The number of methoxy groups -OCH3 is 1. The Hall–Kier alpha value is -0.540. The molecule has 0 aliphatic carbocycles. The van der Waals surface area contributed by atoms with E-state index in [2.05, 4.69) is 4.52 Å². The van der Waals surface area contributed by atoms with Crippen LogP contribution < -0.4 is 4.89 Å². The number of rotatable bonds is 22. The van der Waals surface area contributed by atoms with Crippen molar-refractivity contribution >= 4 is 13.8 Å². The molecule has 186 valence electrons. The van der Waals surface area contributed by atoms with E-state index in [-0.39, 0.29) is 13.2 Å². The van der Waals surface area contributed by atoms with Gasteiger partial charge in [0.05, 0.1) is 13.2 Å². The third-order valence-electron chi connectivity index (χ3n) is 4.85. The van der Waals surface area contributed by atoms with Crippen LogP contribution in [-0.2, 0) is 27.9 Å². The van der Waals surface area contributed by atoms with E-state index in [9.17, 15) is 19.4 Å². The van der Waals surface area contributed by atoms with E-state index < -0.39 is 26.5 Å². The minimum Gasteiger partial charge on any atom is -0.756 e. The molecule has 0 aromatic rings. The molecule has 31 heavy (non-hydrogen) atoms. The van der Waals surface area contributed by atoms with E-state index in [0.29, 0.717) is 13.0 Å². The summed E-state index contributed by atoms with van der Waals surface area (Å²) in [5, 5.41) is 9.74. The minimum atomic E-state index is -4.48. The summed E-state index contributed by atoms with van der Waals surface area (Å²) in [6.07, 6.45) is 9.07. The molecule has 10 heteroatoms. The number of nitrogens with zero attached hydrogens (tertiary/aromatic N) is 1. The standard InChI is InChI=1S/C21H44NO8P/c1-4-22(2)15-17-29-31(25,26)30-19-20(23)18-28-21(24)14-12-10-8-6-5-7-9-11-13-16-27-3/h20,23H,4-19H2,1-3H3,(H,25,26)/p-1. The monoisotopic (exact) mass is 468 g/mol. The Morgan fingerprint density at radius 2 is 1.55 bits per heavy atom. The van der Waals surface area contributed by atoms with E-state index in [1.54, 1.807) is 7.11 Å². The van der Waals surface area contributed by atoms with Crippen LogP contribution in [0.15, 0.2) is 0 Å². The zero-order valence-corrected chi connectivity index (χ0v) is 20.5. The molecule has 0 rings (SSSR count). The molecule has 0 radical (unpaired) electrons. The molecular weight excluding hydrogens is 425 g/mol. The second-order valence-electron chi connectivity index (χ2n) is 7.73. The van der Waals surface area contributed by atoms with Crippen molar-refractivity contribution in [3.8, 4) is 0 Å². The third-order valence-corrected chi connectivity index (χ3v) is 5.82. The van der Waals surface area contributed by atoms with Gasteiger partial charge in [0.15, 0.2) is 0 Å². The van der Waals surface area contributed by atoms with Crippen LogP contribution in [0, 0.1) is 0 Å². The van der Waals surface area contributed by atoms with Crippen LogP contribution in [0.3, 0.4) is 0 Å². The van der Waals surface area contributed by atoms with Crippen LogP contribution in [-0.4, -0.2) is 75.8 Å². The Kier molecular flexibility index (Phi) is 19.7. The third kappa shape index (κ3) is 21.1. The highest BCUT2D eigenvalue weighted by atomic mass is 31.2. The van der Waals surface area contributed by atoms with Gasteiger partial charge in [-0.1, -0.05) is 51.9 Å².